The van der Waals surface area contributed by atoms with Crippen molar-refractivity contribution in [1.29, 1.82) is 0 Å². The molecule has 6 heteroatoms. The van der Waals surface area contributed by atoms with Gasteiger partial charge in [-0.1, -0.05) is 18.2 Å². The quantitative estimate of drug-likeness (QED) is 0.559. The molecule has 0 bridgehead atoms. The molecule has 6 nitrogen and oxygen atoms in total. The zero-order valence-corrected chi connectivity index (χ0v) is 14.1. The number of amides is 2. The third kappa shape index (κ3) is 4.91. The summed E-state index contributed by atoms with van der Waals surface area (Å²) in [4.78, 5) is 30.4. The first-order chi connectivity index (χ1) is 11.1. The van der Waals surface area contributed by atoms with Crippen LogP contribution in [0.4, 0.5) is 0 Å². The maximum Gasteiger partial charge on any atom is 0.246 e. The minimum absolute atomic E-state index is 0.0370. The van der Waals surface area contributed by atoms with Crippen molar-refractivity contribution in [2.45, 2.75) is 19.9 Å². The molecule has 2 saturated heterocycles. The molecular formula is C17H27N3O3. The second kappa shape index (κ2) is 8.84. The lowest BCUT2D eigenvalue weighted by Gasteiger charge is -2.39. The number of piperazine rings is 1. The van der Waals surface area contributed by atoms with E-state index < -0.39 is 0 Å². The van der Waals surface area contributed by atoms with Crippen molar-refractivity contribution >= 4 is 11.8 Å². The van der Waals surface area contributed by atoms with Crippen molar-refractivity contribution in [2.75, 3.05) is 52.5 Å². The molecule has 2 fully saturated rings. The summed E-state index contributed by atoms with van der Waals surface area (Å²) in [6.07, 6.45) is 7.09. The van der Waals surface area contributed by atoms with Gasteiger partial charge in [0, 0.05) is 45.3 Å². The van der Waals surface area contributed by atoms with Gasteiger partial charge in [-0.3, -0.25) is 14.5 Å². The molecule has 1 atom stereocenters. The van der Waals surface area contributed by atoms with Crippen LogP contribution in [0.5, 0.6) is 0 Å². The standard InChI is InChI=1S/C17H27N3O3/c1-3-4-5-6-16(21)19-9-7-18(8-10-19)15(2)17(22)20-11-13-23-14-12-20/h3-6,15H,7-14H2,1-2H3. The van der Waals surface area contributed by atoms with E-state index in [1.54, 1.807) is 12.2 Å². The average Bonchev–Trinajstić information content (AvgIpc) is 2.61. The number of allylic oxidation sites excluding steroid dienone is 3. The maximum absolute atomic E-state index is 12.5. The molecule has 0 spiro atoms. The van der Waals surface area contributed by atoms with Crippen molar-refractivity contribution in [3.63, 3.8) is 0 Å². The number of morpholine rings is 1. The second-order valence-electron chi connectivity index (χ2n) is 5.86. The van der Waals surface area contributed by atoms with Crippen LogP contribution in [-0.2, 0) is 14.3 Å². The first-order valence-corrected chi connectivity index (χ1v) is 8.32. The molecule has 0 saturated carbocycles. The SMILES string of the molecule is CC=CC=CC(=O)N1CCN(C(C)C(=O)N2CCOCC2)CC1. The Morgan fingerprint density at radius 1 is 0.957 bits per heavy atom. The maximum atomic E-state index is 12.5. The molecule has 0 aromatic carbocycles. The molecule has 0 radical (unpaired) electrons. The molecule has 2 rings (SSSR count). The molecular weight excluding hydrogens is 294 g/mol. The van der Waals surface area contributed by atoms with Crippen LogP contribution < -0.4 is 0 Å². The first kappa shape index (κ1) is 17.7. The Hall–Kier alpha value is -1.66. The summed E-state index contributed by atoms with van der Waals surface area (Å²) in [7, 11) is 0. The summed E-state index contributed by atoms with van der Waals surface area (Å²) >= 11 is 0. The fourth-order valence-corrected chi connectivity index (χ4v) is 2.89. The van der Waals surface area contributed by atoms with E-state index in [2.05, 4.69) is 4.90 Å². The van der Waals surface area contributed by atoms with Crippen LogP contribution in [0.25, 0.3) is 0 Å². The van der Waals surface area contributed by atoms with E-state index in [0.29, 0.717) is 39.4 Å². The Morgan fingerprint density at radius 3 is 2.22 bits per heavy atom. The number of hydrogen-bond donors (Lipinski definition) is 0. The number of carbonyl (C=O) groups is 2. The summed E-state index contributed by atoms with van der Waals surface area (Å²) in [5.74, 6) is 0.205. The molecule has 1 unspecified atom stereocenters. The largest absolute Gasteiger partial charge is 0.378 e. The van der Waals surface area contributed by atoms with Crippen LogP contribution in [0.2, 0.25) is 0 Å². The first-order valence-electron chi connectivity index (χ1n) is 8.32. The smallest absolute Gasteiger partial charge is 0.246 e. The van der Waals surface area contributed by atoms with Crippen LogP contribution in [0.15, 0.2) is 24.3 Å². The summed E-state index contributed by atoms with van der Waals surface area (Å²) in [6, 6.07) is -0.135. The Labute approximate surface area is 138 Å². The summed E-state index contributed by atoms with van der Waals surface area (Å²) < 4.78 is 5.29. The highest BCUT2D eigenvalue weighted by Crippen LogP contribution is 2.11. The van der Waals surface area contributed by atoms with E-state index in [4.69, 9.17) is 4.74 Å². The van der Waals surface area contributed by atoms with Crippen molar-refractivity contribution < 1.29 is 14.3 Å². The fraction of sp³-hybridized carbons (Fsp3) is 0.647. The van der Waals surface area contributed by atoms with Gasteiger partial charge in [-0.15, -0.1) is 0 Å². The second-order valence-corrected chi connectivity index (χ2v) is 5.86. The fourth-order valence-electron chi connectivity index (χ4n) is 2.89. The molecule has 0 aromatic heterocycles. The predicted molar refractivity (Wildman–Crippen MR) is 89.0 cm³/mol. The molecule has 2 amide bonds. The number of carbonyl (C=O) groups excluding carboxylic acids is 2. The van der Waals surface area contributed by atoms with Crippen LogP contribution in [-0.4, -0.2) is 85.0 Å². The van der Waals surface area contributed by atoms with E-state index in [1.165, 1.54) is 0 Å². The number of nitrogens with zero attached hydrogens (tertiary/aromatic N) is 3. The lowest BCUT2D eigenvalue weighted by Crippen LogP contribution is -2.56. The van der Waals surface area contributed by atoms with E-state index in [-0.39, 0.29) is 17.9 Å². The van der Waals surface area contributed by atoms with Crippen molar-refractivity contribution in [3.8, 4) is 0 Å². The van der Waals surface area contributed by atoms with Gasteiger partial charge in [-0.05, 0) is 13.8 Å². The van der Waals surface area contributed by atoms with Crippen LogP contribution in [0, 0.1) is 0 Å². The van der Waals surface area contributed by atoms with Gasteiger partial charge in [-0.2, -0.15) is 0 Å². The van der Waals surface area contributed by atoms with Gasteiger partial charge >= 0.3 is 0 Å². The lowest BCUT2D eigenvalue weighted by molar-refractivity contribution is -0.141. The zero-order chi connectivity index (χ0) is 16.7. The zero-order valence-electron chi connectivity index (χ0n) is 14.1. The van der Waals surface area contributed by atoms with Crippen LogP contribution in [0.3, 0.4) is 0 Å². The monoisotopic (exact) mass is 321 g/mol. The number of rotatable bonds is 4. The normalized spacial score (nSPS) is 22.0. The Bertz CT molecular complexity index is 462. The van der Waals surface area contributed by atoms with E-state index in [1.807, 2.05) is 35.8 Å². The van der Waals surface area contributed by atoms with Crippen molar-refractivity contribution in [2.24, 2.45) is 0 Å². The topological polar surface area (TPSA) is 53.1 Å². The van der Waals surface area contributed by atoms with E-state index >= 15 is 0 Å². The summed E-state index contributed by atoms with van der Waals surface area (Å²) in [5.41, 5.74) is 0. The van der Waals surface area contributed by atoms with Crippen LogP contribution in [0.1, 0.15) is 13.8 Å². The molecule has 0 N–H and O–H groups in total. The number of ether oxygens (including phenoxy) is 1. The van der Waals surface area contributed by atoms with Gasteiger partial charge in [0.25, 0.3) is 0 Å². The third-order valence-corrected chi connectivity index (χ3v) is 4.40. The van der Waals surface area contributed by atoms with E-state index in [9.17, 15) is 9.59 Å². The molecule has 0 aliphatic carbocycles. The predicted octanol–water partition coefficient (Wildman–Crippen LogP) is 0.510. The van der Waals surface area contributed by atoms with Gasteiger partial charge in [0.2, 0.25) is 11.8 Å². The van der Waals surface area contributed by atoms with Crippen molar-refractivity contribution in [1.82, 2.24) is 14.7 Å². The van der Waals surface area contributed by atoms with E-state index in [0.717, 1.165) is 13.1 Å². The molecule has 2 aliphatic rings. The molecule has 0 aromatic rings. The average molecular weight is 321 g/mol. The minimum Gasteiger partial charge on any atom is -0.378 e. The summed E-state index contributed by atoms with van der Waals surface area (Å²) in [5, 5.41) is 0. The molecule has 2 aliphatic heterocycles. The third-order valence-electron chi connectivity index (χ3n) is 4.40. The summed E-state index contributed by atoms with van der Waals surface area (Å²) in [6.45, 7) is 9.29. The highest BCUT2D eigenvalue weighted by atomic mass is 16.5. The van der Waals surface area contributed by atoms with Crippen molar-refractivity contribution in [3.05, 3.63) is 24.3 Å². The Balaban J connectivity index is 1.81. The molecule has 128 valence electrons. The molecule has 23 heavy (non-hydrogen) atoms. The van der Waals surface area contributed by atoms with Gasteiger partial charge < -0.3 is 14.5 Å². The van der Waals surface area contributed by atoms with Gasteiger partial charge in [0.1, 0.15) is 0 Å². The number of hydrogen-bond acceptors (Lipinski definition) is 4. The van der Waals surface area contributed by atoms with Crippen LogP contribution >= 0.6 is 0 Å². The highest BCUT2D eigenvalue weighted by Gasteiger charge is 2.30. The van der Waals surface area contributed by atoms with Gasteiger partial charge in [0.05, 0.1) is 19.3 Å². The van der Waals surface area contributed by atoms with Gasteiger partial charge in [0.15, 0.2) is 0 Å². The Morgan fingerprint density at radius 2 is 1.61 bits per heavy atom. The minimum atomic E-state index is -0.135. The Kier molecular flexibility index (Phi) is 6.80. The van der Waals surface area contributed by atoms with Gasteiger partial charge in [-0.25, -0.2) is 0 Å². The molecule has 2 heterocycles. The lowest BCUT2D eigenvalue weighted by atomic mass is 10.2. The highest BCUT2D eigenvalue weighted by molar-refractivity contribution is 5.88.